The average Bonchev–Trinajstić information content (AvgIpc) is 2.36. The summed E-state index contributed by atoms with van der Waals surface area (Å²) in [5.41, 5.74) is 6.60. The molecule has 1 saturated heterocycles. The van der Waals surface area contributed by atoms with E-state index in [2.05, 4.69) is 0 Å². The predicted octanol–water partition coefficient (Wildman–Crippen LogP) is 2.03. The highest BCUT2D eigenvalue weighted by molar-refractivity contribution is 7.89. The Balaban J connectivity index is 2.47. The van der Waals surface area contributed by atoms with Gasteiger partial charge in [-0.3, -0.25) is 0 Å². The zero-order valence-electron chi connectivity index (χ0n) is 11.8. The van der Waals surface area contributed by atoms with Crippen LogP contribution in [0.2, 0.25) is 5.02 Å². The summed E-state index contributed by atoms with van der Waals surface area (Å²) in [4.78, 5) is 0.209. The number of nitrogen functional groups attached to an aromatic ring is 1. The van der Waals surface area contributed by atoms with E-state index in [1.54, 1.807) is 13.0 Å². The number of aryl methyl sites for hydroxylation is 1. The molecule has 1 heterocycles. The summed E-state index contributed by atoms with van der Waals surface area (Å²) in [6.45, 7) is 6.14. The van der Waals surface area contributed by atoms with Gasteiger partial charge in [0.25, 0.3) is 0 Å². The van der Waals surface area contributed by atoms with Gasteiger partial charge in [-0.05, 0) is 38.5 Å². The average molecular weight is 319 g/mol. The highest BCUT2D eigenvalue weighted by Crippen LogP contribution is 2.30. The van der Waals surface area contributed by atoms with Crippen molar-refractivity contribution in [2.75, 3.05) is 18.9 Å². The van der Waals surface area contributed by atoms with Gasteiger partial charge >= 0.3 is 0 Å². The van der Waals surface area contributed by atoms with Gasteiger partial charge in [-0.25, -0.2) is 8.42 Å². The van der Waals surface area contributed by atoms with Crippen molar-refractivity contribution < 1.29 is 13.2 Å². The number of anilines is 1. The van der Waals surface area contributed by atoms with Gasteiger partial charge in [0.1, 0.15) is 0 Å². The van der Waals surface area contributed by atoms with Gasteiger partial charge in [0, 0.05) is 12.6 Å². The van der Waals surface area contributed by atoms with Crippen LogP contribution in [-0.4, -0.2) is 38.0 Å². The van der Waals surface area contributed by atoms with E-state index in [9.17, 15) is 8.42 Å². The van der Waals surface area contributed by atoms with Crippen LogP contribution < -0.4 is 5.73 Å². The minimum absolute atomic E-state index is 0.120. The molecule has 1 aromatic carbocycles. The first-order valence-electron chi connectivity index (χ1n) is 6.42. The Hall–Kier alpha value is -0.820. The fourth-order valence-electron chi connectivity index (χ4n) is 2.28. The van der Waals surface area contributed by atoms with E-state index in [4.69, 9.17) is 22.1 Å². The zero-order valence-corrected chi connectivity index (χ0v) is 13.3. The lowest BCUT2D eigenvalue weighted by molar-refractivity contribution is -0.0170. The first-order valence-corrected chi connectivity index (χ1v) is 8.24. The maximum atomic E-state index is 12.8. The Morgan fingerprint density at radius 1 is 1.40 bits per heavy atom. The lowest BCUT2D eigenvalue weighted by Gasteiger charge is -2.36. The number of halogens is 1. The normalized spacial score (nSPS) is 24.8. The monoisotopic (exact) mass is 318 g/mol. The molecule has 2 atom stereocenters. The minimum atomic E-state index is -3.60. The van der Waals surface area contributed by atoms with Crippen LogP contribution in [0.4, 0.5) is 5.69 Å². The van der Waals surface area contributed by atoms with Gasteiger partial charge in [-0.15, -0.1) is 0 Å². The summed E-state index contributed by atoms with van der Waals surface area (Å²) >= 11 is 5.92. The standard InChI is InChI=1S/C13H19ClN2O3S/c1-8-4-11(14)12(15)5-13(8)20(17,18)16-6-10(3)19-7-9(16)2/h4-5,9-10H,6-7,15H2,1-3H3. The van der Waals surface area contributed by atoms with E-state index in [1.807, 2.05) is 13.8 Å². The molecule has 0 amide bonds. The van der Waals surface area contributed by atoms with Gasteiger partial charge in [0.15, 0.2) is 0 Å². The van der Waals surface area contributed by atoms with E-state index in [0.717, 1.165) is 0 Å². The molecule has 1 aliphatic heterocycles. The number of morpholine rings is 1. The lowest BCUT2D eigenvalue weighted by Crippen LogP contribution is -2.50. The summed E-state index contributed by atoms with van der Waals surface area (Å²) < 4.78 is 32.5. The second kappa shape index (κ2) is 5.52. The van der Waals surface area contributed by atoms with Crippen molar-refractivity contribution >= 4 is 27.3 Å². The number of benzene rings is 1. The Morgan fingerprint density at radius 2 is 2.05 bits per heavy atom. The highest BCUT2D eigenvalue weighted by Gasteiger charge is 2.35. The molecule has 112 valence electrons. The molecule has 5 nitrogen and oxygen atoms in total. The number of hydrogen-bond acceptors (Lipinski definition) is 4. The number of hydrogen-bond donors (Lipinski definition) is 1. The number of sulfonamides is 1. The minimum Gasteiger partial charge on any atom is -0.397 e. The van der Waals surface area contributed by atoms with Crippen LogP contribution in [0.15, 0.2) is 17.0 Å². The molecule has 0 bridgehead atoms. The maximum absolute atomic E-state index is 12.8. The van der Waals surface area contributed by atoms with Gasteiger partial charge in [-0.1, -0.05) is 11.6 Å². The maximum Gasteiger partial charge on any atom is 0.243 e. The van der Waals surface area contributed by atoms with Crippen LogP contribution in [0.3, 0.4) is 0 Å². The van der Waals surface area contributed by atoms with Gasteiger partial charge in [0.2, 0.25) is 10.0 Å². The molecule has 0 saturated carbocycles. The van der Waals surface area contributed by atoms with Crippen molar-refractivity contribution in [1.82, 2.24) is 4.31 Å². The Kier molecular flexibility index (Phi) is 4.30. The molecular weight excluding hydrogens is 300 g/mol. The molecule has 1 aromatic rings. The van der Waals surface area contributed by atoms with Crippen molar-refractivity contribution in [3.8, 4) is 0 Å². The second-order valence-electron chi connectivity index (χ2n) is 5.21. The van der Waals surface area contributed by atoms with Crippen LogP contribution in [-0.2, 0) is 14.8 Å². The molecule has 20 heavy (non-hydrogen) atoms. The summed E-state index contributed by atoms with van der Waals surface area (Å²) in [5, 5.41) is 0.366. The first kappa shape index (κ1) is 15.6. The predicted molar refractivity (Wildman–Crippen MR) is 79.4 cm³/mol. The molecule has 0 radical (unpaired) electrons. The van der Waals surface area contributed by atoms with Crippen molar-refractivity contribution in [3.63, 3.8) is 0 Å². The third-order valence-electron chi connectivity index (χ3n) is 3.43. The third kappa shape index (κ3) is 2.79. The Labute approximate surface area is 124 Å². The van der Waals surface area contributed by atoms with Crippen LogP contribution in [0, 0.1) is 6.92 Å². The summed E-state index contributed by atoms with van der Waals surface area (Å²) in [7, 11) is -3.60. The fraction of sp³-hybridized carbons (Fsp3) is 0.538. The van der Waals surface area contributed by atoms with Crippen LogP contribution in [0.25, 0.3) is 0 Å². The summed E-state index contributed by atoms with van der Waals surface area (Å²) in [6, 6.07) is 2.81. The molecule has 0 spiro atoms. The van der Waals surface area contributed by atoms with Gasteiger partial charge in [0.05, 0.1) is 28.3 Å². The fourth-order valence-corrected chi connectivity index (χ4v) is 4.43. The molecular formula is C13H19ClN2O3S. The number of nitrogens with two attached hydrogens (primary N) is 1. The molecule has 2 unspecified atom stereocenters. The Bertz CT molecular complexity index is 618. The molecule has 1 aliphatic rings. The van der Waals surface area contributed by atoms with Crippen molar-refractivity contribution in [1.29, 1.82) is 0 Å². The summed E-state index contributed by atoms with van der Waals surface area (Å²) in [5.74, 6) is 0. The number of nitrogens with zero attached hydrogens (tertiary/aromatic N) is 1. The number of rotatable bonds is 2. The molecule has 2 N–H and O–H groups in total. The molecule has 7 heteroatoms. The zero-order chi connectivity index (χ0) is 15.1. The molecule has 1 fully saturated rings. The third-order valence-corrected chi connectivity index (χ3v) is 5.88. The molecule has 0 aromatic heterocycles. The number of ether oxygens (including phenoxy) is 1. The van der Waals surface area contributed by atoms with Crippen LogP contribution >= 0.6 is 11.6 Å². The first-order chi connectivity index (χ1) is 9.23. The van der Waals surface area contributed by atoms with Gasteiger partial charge in [-0.2, -0.15) is 4.31 Å². The van der Waals surface area contributed by atoms with Crippen molar-refractivity contribution in [2.24, 2.45) is 0 Å². The van der Waals surface area contributed by atoms with E-state index in [1.165, 1.54) is 10.4 Å². The van der Waals surface area contributed by atoms with E-state index < -0.39 is 10.0 Å². The van der Waals surface area contributed by atoms with Gasteiger partial charge < -0.3 is 10.5 Å². The topological polar surface area (TPSA) is 72.6 Å². The molecule has 2 rings (SSSR count). The van der Waals surface area contributed by atoms with E-state index in [0.29, 0.717) is 23.7 Å². The van der Waals surface area contributed by atoms with Crippen LogP contribution in [0.5, 0.6) is 0 Å². The van der Waals surface area contributed by atoms with Crippen molar-refractivity contribution in [3.05, 3.63) is 22.7 Å². The van der Waals surface area contributed by atoms with E-state index in [-0.39, 0.29) is 22.7 Å². The SMILES string of the molecule is Cc1cc(Cl)c(N)cc1S(=O)(=O)N1CC(C)OCC1C. The van der Waals surface area contributed by atoms with E-state index >= 15 is 0 Å². The van der Waals surface area contributed by atoms with Crippen LogP contribution in [0.1, 0.15) is 19.4 Å². The van der Waals surface area contributed by atoms with Crippen molar-refractivity contribution in [2.45, 2.75) is 37.8 Å². The smallest absolute Gasteiger partial charge is 0.243 e. The molecule has 0 aliphatic carbocycles. The second-order valence-corrected chi connectivity index (χ2v) is 7.47. The largest absolute Gasteiger partial charge is 0.397 e. The highest BCUT2D eigenvalue weighted by atomic mass is 35.5. The Morgan fingerprint density at radius 3 is 2.70 bits per heavy atom. The summed E-state index contributed by atoms with van der Waals surface area (Å²) in [6.07, 6.45) is -0.120. The quantitative estimate of drug-likeness (QED) is 0.847. The lowest BCUT2D eigenvalue weighted by atomic mass is 10.2.